The Morgan fingerprint density at radius 1 is 1.62 bits per heavy atom. The summed E-state index contributed by atoms with van der Waals surface area (Å²) in [5.41, 5.74) is 0.925. The molecular weight excluding hydrogens is 208 g/mol. The molecule has 0 aliphatic heterocycles. The lowest BCUT2D eigenvalue weighted by Crippen LogP contribution is -2.13. The predicted molar refractivity (Wildman–Crippen MR) is 56.5 cm³/mol. The van der Waals surface area contributed by atoms with Crippen molar-refractivity contribution in [3.8, 4) is 0 Å². The Kier molecular flexibility index (Phi) is 4.82. The zero-order valence-corrected chi connectivity index (χ0v) is 8.62. The van der Waals surface area contributed by atoms with Crippen LogP contribution < -0.4 is 10.2 Å². The Bertz CT molecular complexity index is 318. The summed E-state index contributed by atoms with van der Waals surface area (Å²) in [5.74, 6) is 0.539. The van der Waals surface area contributed by atoms with Crippen LogP contribution in [0.1, 0.15) is 5.69 Å². The molecule has 1 aromatic rings. The molecule has 2 N–H and O–H groups in total. The predicted octanol–water partition coefficient (Wildman–Crippen LogP) is 1.32. The van der Waals surface area contributed by atoms with E-state index in [0.29, 0.717) is 12.4 Å². The Hall–Kier alpha value is -0.580. The van der Waals surface area contributed by atoms with E-state index in [4.69, 9.17) is 11.6 Å². The maximum Gasteiger partial charge on any atom is 0.304 e. The highest BCUT2D eigenvalue weighted by molar-refractivity contribution is 7.07. The van der Waals surface area contributed by atoms with Crippen molar-refractivity contribution in [1.29, 1.82) is 0 Å². The molecule has 0 saturated carbocycles. The van der Waals surface area contributed by atoms with Crippen molar-refractivity contribution in [2.24, 2.45) is 0 Å². The van der Waals surface area contributed by atoms with Crippen LogP contribution in [0.25, 0.3) is 0 Å². The van der Waals surface area contributed by atoms with Gasteiger partial charge in [0.15, 0.2) is 0 Å². The van der Waals surface area contributed by atoms with E-state index in [1.54, 1.807) is 0 Å². The molecular formula is C8H11ClN2OS. The smallest absolute Gasteiger partial charge is 0.304 e. The first-order valence-corrected chi connectivity index (χ1v) is 5.32. The normalized spacial score (nSPS) is 11.2. The Labute approximate surface area is 85.4 Å². The summed E-state index contributed by atoms with van der Waals surface area (Å²) >= 11 is 6.62. The summed E-state index contributed by atoms with van der Waals surface area (Å²) in [5, 5.41) is 4.96. The van der Waals surface area contributed by atoms with Crippen molar-refractivity contribution in [3.63, 3.8) is 0 Å². The van der Waals surface area contributed by atoms with Crippen molar-refractivity contribution in [2.45, 2.75) is 6.54 Å². The Morgan fingerprint density at radius 2 is 2.46 bits per heavy atom. The molecule has 0 bridgehead atoms. The average molecular weight is 219 g/mol. The minimum absolute atomic E-state index is 0.00639. The molecule has 13 heavy (non-hydrogen) atoms. The standard InChI is InChI=1S/C8H11ClN2OS/c9-3-1-2-4-10-5-7-6-13-8(12)11-7/h1-2,6,10H,3-5H2,(H,11,12)/b2-1+. The third-order valence-electron chi connectivity index (χ3n) is 1.40. The number of H-pyrrole nitrogens is 1. The van der Waals surface area contributed by atoms with Gasteiger partial charge in [-0.1, -0.05) is 23.5 Å². The highest BCUT2D eigenvalue weighted by Gasteiger charge is 1.93. The molecule has 1 aromatic heterocycles. The number of halogens is 1. The highest BCUT2D eigenvalue weighted by atomic mass is 35.5. The first-order valence-electron chi connectivity index (χ1n) is 3.91. The fourth-order valence-electron chi connectivity index (χ4n) is 0.837. The van der Waals surface area contributed by atoms with Crippen LogP contribution in [0.4, 0.5) is 0 Å². The number of aromatic amines is 1. The molecule has 1 heterocycles. The van der Waals surface area contributed by atoms with E-state index in [0.717, 1.165) is 12.2 Å². The number of thiazole rings is 1. The summed E-state index contributed by atoms with van der Waals surface area (Å²) < 4.78 is 0. The van der Waals surface area contributed by atoms with Gasteiger partial charge in [-0.05, 0) is 0 Å². The highest BCUT2D eigenvalue weighted by Crippen LogP contribution is 1.93. The van der Waals surface area contributed by atoms with Gasteiger partial charge in [0, 0.05) is 30.0 Å². The molecule has 0 amide bonds. The number of alkyl halides is 1. The van der Waals surface area contributed by atoms with Crippen LogP contribution in [0.3, 0.4) is 0 Å². The minimum Gasteiger partial charge on any atom is -0.315 e. The molecule has 0 unspecified atom stereocenters. The topological polar surface area (TPSA) is 44.9 Å². The van der Waals surface area contributed by atoms with E-state index in [-0.39, 0.29) is 4.87 Å². The average Bonchev–Trinajstić information content (AvgIpc) is 2.51. The lowest BCUT2D eigenvalue weighted by molar-refractivity contribution is 0.743. The molecule has 0 radical (unpaired) electrons. The summed E-state index contributed by atoms with van der Waals surface area (Å²) in [6.07, 6.45) is 3.84. The molecule has 0 atom stereocenters. The SMILES string of the molecule is O=c1[nH]c(CNC/C=C/CCl)cs1. The van der Waals surface area contributed by atoms with Gasteiger partial charge < -0.3 is 10.3 Å². The number of nitrogens with one attached hydrogen (secondary N) is 2. The largest absolute Gasteiger partial charge is 0.315 e. The van der Waals surface area contributed by atoms with Crippen LogP contribution in [0, 0.1) is 0 Å². The summed E-state index contributed by atoms with van der Waals surface area (Å²) in [6.45, 7) is 1.45. The van der Waals surface area contributed by atoms with Gasteiger partial charge in [0.25, 0.3) is 0 Å². The van der Waals surface area contributed by atoms with Crippen molar-refractivity contribution in [3.05, 3.63) is 32.9 Å². The van der Waals surface area contributed by atoms with Crippen LogP contribution in [0.2, 0.25) is 0 Å². The molecule has 0 aliphatic carbocycles. The molecule has 3 nitrogen and oxygen atoms in total. The van der Waals surface area contributed by atoms with Crippen LogP contribution in [0.15, 0.2) is 22.3 Å². The van der Waals surface area contributed by atoms with E-state index >= 15 is 0 Å². The fourth-order valence-corrected chi connectivity index (χ4v) is 1.54. The van der Waals surface area contributed by atoms with Crippen LogP contribution in [0.5, 0.6) is 0 Å². The third-order valence-corrected chi connectivity index (χ3v) is 2.30. The number of hydrogen-bond donors (Lipinski definition) is 2. The first kappa shape index (κ1) is 10.5. The van der Waals surface area contributed by atoms with E-state index in [1.165, 1.54) is 11.3 Å². The first-order chi connectivity index (χ1) is 6.33. The van der Waals surface area contributed by atoms with Gasteiger partial charge in [-0.25, -0.2) is 0 Å². The number of rotatable bonds is 5. The minimum atomic E-state index is -0.00639. The van der Waals surface area contributed by atoms with E-state index in [2.05, 4.69) is 10.3 Å². The second-order valence-corrected chi connectivity index (χ2v) is 3.58. The molecule has 0 spiro atoms. The van der Waals surface area contributed by atoms with Crippen LogP contribution >= 0.6 is 22.9 Å². The third kappa shape index (κ3) is 4.26. The maximum atomic E-state index is 10.7. The molecule has 1 rings (SSSR count). The number of allylic oxidation sites excluding steroid dienone is 1. The van der Waals surface area contributed by atoms with Gasteiger partial charge in [0.1, 0.15) is 0 Å². The molecule has 5 heteroatoms. The van der Waals surface area contributed by atoms with Gasteiger partial charge in [0.2, 0.25) is 0 Å². The molecule has 0 aliphatic rings. The second kappa shape index (κ2) is 5.96. The van der Waals surface area contributed by atoms with Gasteiger partial charge in [-0.3, -0.25) is 4.79 Å². The summed E-state index contributed by atoms with van der Waals surface area (Å²) in [7, 11) is 0. The quantitative estimate of drug-likeness (QED) is 0.445. The Balaban J connectivity index is 2.20. The Morgan fingerprint density at radius 3 is 3.08 bits per heavy atom. The number of hydrogen-bond acceptors (Lipinski definition) is 3. The zero-order chi connectivity index (χ0) is 9.52. The number of aromatic nitrogens is 1. The summed E-state index contributed by atoms with van der Waals surface area (Å²) in [6, 6.07) is 0. The molecule has 0 aromatic carbocycles. The van der Waals surface area contributed by atoms with Crippen LogP contribution in [-0.2, 0) is 6.54 Å². The lowest BCUT2D eigenvalue weighted by atomic mass is 10.4. The summed E-state index contributed by atoms with van der Waals surface area (Å²) in [4.78, 5) is 13.4. The fraction of sp³-hybridized carbons (Fsp3) is 0.375. The molecule has 0 fully saturated rings. The van der Waals surface area contributed by atoms with Gasteiger partial charge in [0.05, 0.1) is 0 Å². The van der Waals surface area contributed by atoms with E-state index in [1.807, 2.05) is 17.5 Å². The monoisotopic (exact) mass is 218 g/mol. The maximum absolute atomic E-state index is 10.7. The van der Waals surface area contributed by atoms with Crippen molar-refractivity contribution in [1.82, 2.24) is 10.3 Å². The van der Waals surface area contributed by atoms with E-state index in [9.17, 15) is 4.79 Å². The van der Waals surface area contributed by atoms with E-state index < -0.39 is 0 Å². The van der Waals surface area contributed by atoms with Crippen molar-refractivity contribution in [2.75, 3.05) is 12.4 Å². The van der Waals surface area contributed by atoms with Gasteiger partial charge >= 0.3 is 4.87 Å². The van der Waals surface area contributed by atoms with Crippen molar-refractivity contribution >= 4 is 22.9 Å². The van der Waals surface area contributed by atoms with Gasteiger partial charge in [-0.2, -0.15) is 0 Å². The molecule has 0 saturated heterocycles. The van der Waals surface area contributed by atoms with Crippen LogP contribution in [-0.4, -0.2) is 17.4 Å². The van der Waals surface area contributed by atoms with Gasteiger partial charge in [-0.15, -0.1) is 11.6 Å². The lowest BCUT2D eigenvalue weighted by Gasteiger charge is -1.96. The van der Waals surface area contributed by atoms with Crippen molar-refractivity contribution < 1.29 is 0 Å². The second-order valence-electron chi connectivity index (χ2n) is 2.43. The molecule has 72 valence electrons. The zero-order valence-electron chi connectivity index (χ0n) is 7.05.